The van der Waals surface area contributed by atoms with Crippen molar-refractivity contribution in [1.29, 1.82) is 0 Å². The van der Waals surface area contributed by atoms with E-state index < -0.39 is 0 Å². The molecule has 5 heteroatoms. The number of ether oxygens (including phenoxy) is 1. The Kier molecular flexibility index (Phi) is 5.53. The first-order valence-electron chi connectivity index (χ1n) is 9.05. The van der Waals surface area contributed by atoms with Crippen molar-refractivity contribution in [2.75, 3.05) is 19.0 Å². The first kappa shape index (κ1) is 17.7. The van der Waals surface area contributed by atoms with Crippen LogP contribution in [0, 0.1) is 0 Å². The fourth-order valence-electron chi connectivity index (χ4n) is 3.16. The van der Waals surface area contributed by atoms with Crippen LogP contribution in [-0.2, 0) is 13.0 Å². The van der Waals surface area contributed by atoms with Crippen molar-refractivity contribution in [3.8, 4) is 5.75 Å². The van der Waals surface area contributed by atoms with Crippen molar-refractivity contribution < 1.29 is 4.74 Å². The highest BCUT2D eigenvalue weighted by atomic mass is 16.5. The standard InChI is InChI=1S/C20H28N4O/c1-14(2)25-16-10-8-15(9-11-16)12-21-18-6-5-7-19-17(18)13-22-20(23-19)24(3)4/h8-11,13-14,18,21H,5-7,12H2,1-4H3. The van der Waals surface area contributed by atoms with Gasteiger partial charge in [0.15, 0.2) is 0 Å². The Morgan fingerprint density at radius 3 is 2.68 bits per heavy atom. The molecule has 1 aromatic heterocycles. The number of fused-ring (bicyclic) bond motifs is 1. The maximum absolute atomic E-state index is 5.70. The van der Waals surface area contributed by atoms with Gasteiger partial charge in [0.25, 0.3) is 0 Å². The Balaban J connectivity index is 1.65. The number of hydrogen-bond acceptors (Lipinski definition) is 5. The fraction of sp³-hybridized carbons (Fsp3) is 0.500. The van der Waals surface area contributed by atoms with E-state index in [0.29, 0.717) is 6.04 Å². The molecule has 1 atom stereocenters. The number of aromatic nitrogens is 2. The van der Waals surface area contributed by atoms with Crippen LogP contribution in [0.2, 0.25) is 0 Å². The van der Waals surface area contributed by atoms with Gasteiger partial charge >= 0.3 is 0 Å². The Labute approximate surface area is 150 Å². The summed E-state index contributed by atoms with van der Waals surface area (Å²) < 4.78 is 5.70. The molecule has 0 saturated heterocycles. The molecule has 1 heterocycles. The third-order valence-corrected chi connectivity index (χ3v) is 4.42. The zero-order chi connectivity index (χ0) is 17.8. The lowest BCUT2D eigenvalue weighted by molar-refractivity contribution is 0.242. The van der Waals surface area contributed by atoms with Gasteiger partial charge in [-0.2, -0.15) is 0 Å². The van der Waals surface area contributed by atoms with Gasteiger partial charge in [-0.05, 0) is 50.8 Å². The normalized spacial score (nSPS) is 16.6. The second kappa shape index (κ2) is 7.83. The van der Waals surface area contributed by atoms with Gasteiger partial charge in [0.1, 0.15) is 5.75 Å². The molecule has 0 saturated carbocycles. The van der Waals surface area contributed by atoms with Gasteiger partial charge in [0.05, 0.1) is 11.8 Å². The molecule has 0 spiro atoms. The van der Waals surface area contributed by atoms with Gasteiger partial charge in [0.2, 0.25) is 5.95 Å². The van der Waals surface area contributed by atoms with Crippen LogP contribution in [0.5, 0.6) is 5.75 Å². The van der Waals surface area contributed by atoms with E-state index in [1.165, 1.54) is 16.8 Å². The van der Waals surface area contributed by atoms with E-state index in [1.54, 1.807) is 0 Å². The maximum Gasteiger partial charge on any atom is 0.225 e. The molecule has 1 aliphatic rings. The molecule has 1 aromatic carbocycles. The molecule has 25 heavy (non-hydrogen) atoms. The van der Waals surface area contributed by atoms with Crippen LogP contribution in [0.25, 0.3) is 0 Å². The van der Waals surface area contributed by atoms with Gasteiger partial charge in [-0.3, -0.25) is 0 Å². The van der Waals surface area contributed by atoms with Crippen LogP contribution >= 0.6 is 0 Å². The van der Waals surface area contributed by atoms with E-state index in [9.17, 15) is 0 Å². The first-order chi connectivity index (χ1) is 12.0. The van der Waals surface area contributed by atoms with Gasteiger partial charge in [-0.1, -0.05) is 12.1 Å². The summed E-state index contributed by atoms with van der Waals surface area (Å²) in [5.41, 5.74) is 3.69. The van der Waals surface area contributed by atoms with Crippen LogP contribution in [0.3, 0.4) is 0 Å². The summed E-state index contributed by atoms with van der Waals surface area (Å²) in [4.78, 5) is 11.2. The number of nitrogens with zero attached hydrogens (tertiary/aromatic N) is 3. The van der Waals surface area contributed by atoms with E-state index in [0.717, 1.165) is 37.5 Å². The molecule has 0 aliphatic heterocycles. The highest BCUT2D eigenvalue weighted by Gasteiger charge is 2.22. The molecule has 0 fully saturated rings. The number of benzene rings is 1. The molecule has 3 rings (SSSR count). The summed E-state index contributed by atoms with van der Waals surface area (Å²) in [6.07, 6.45) is 5.53. The third kappa shape index (κ3) is 4.48. The molecule has 1 N–H and O–H groups in total. The van der Waals surface area contributed by atoms with Gasteiger partial charge in [0, 0.05) is 38.4 Å². The minimum Gasteiger partial charge on any atom is -0.491 e. The summed E-state index contributed by atoms with van der Waals surface area (Å²) in [5, 5.41) is 3.67. The maximum atomic E-state index is 5.70. The van der Waals surface area contributed by atoms with Crippen molar-refractivity contribution in [3.63, 3.8) is 0 Å². The zero-order valence-electron chi connectivity index (χ0n) is 15.6. The summed E-state index contributed by atoms with van der Waals surface area (Å²) in [6, 6.07) is 8.66. The Bertz CT molecular complexity index is 697. The minimum atomic E-state index is 0.203. The van der Waals surface area contributed by atoms with Crippen LogP contribution in [-0.4, -0.2) is 30.2 Å². The van der Waals surface area contributed by atoms with Crippen molar-refractivity contribution in [3.05, 3.63) is 47.3 Å². The monoisotopic (exact) mass is 340 g/mol. The molecule has 134 valence electrons. The topological polar surface area (TPSA) is 50.3 Å². The summed E-state index contributed by atoms with van der Waals surface area (Å²) >= 11 is 0. The summed E-state index contributed by atoms with van der Waals surface area (Å²) in [5.74, 6) is 1.71. The van der Waals surface area contributed by atoms with E-state index in [1.807, 2.05) is 51.2 Å². The van der Waals surface area contributed by atoms with Crippen molar-refractivity contribution in [2.45, 2.75) is 51.8 Å². The second-order valence-electron chi connectivity index (χ2n) is 7.10. The number of hydrogen-bond donors (Lipinski definition) is 1. The van der Waals surface area contributed by atoms with E-state index in [4.69, 9.17) is 9.72 Å². The van der Waals surface area contributed by atoms with Crippen LogP contribution in [0.4, 0.5) is 5.95 Å². The van der Waals surface area contributed by atoms with Crippen molar-refractivity contribution in [1.82, 2.24) is 15.3 Å². The fourth-order valence-corrected chi connectivity index (χ4v) is 3.16. The van der Waals surface area contributed by atoms with Crippen LogP contribution in [0.1, 0.15) is 49.6 Å². The SMILES string of the molecule is CC(C)Oc1ccc(CNC2CCCc3nc(N(C)C)ncc32)cc1. The molecule has 2 aromatic rings. The lowest BCUT2D eigenvalue weighted by atomic mass is 9.92. The summed E-state index contributed by atoms with van der Waals surface area (Å²) in [6.45, 7) is 4.92. The van der Waals surface area contributed by atoms with Crippen molar-refractivity contribution in [2.24, 2.45) is 0 Å². The highest BCUT2D eigenvalue weighted by molar-refractivity contribution is 5.34. The molecule has 5 nitrogen and oxygen atoms in total. The van der Waals surface area contributed by atoms with Gasteiger partial charge < -0.3 is 15.0 Å². The van der Waals surface area contributed by atoms with Gasteiger partial charge in [-0.25, -0.2) is 9.97 Å². The quantitative estimate of drug-likeness (QED) is 0.872. The predicted octanol–water partition coefficient (Wildman–Crippen LogP) is 3.50. The number of nitrogens with one attached hydrogen (secondary N) is 1. The molecule has 0 bridgehead atoms. The first-order valence-corrected chi connectivity index (χ1v) is 9.05. The average Bonchev–Trinajstić information content (AvgIpc) is 2.60. The van der Waals surface area contributed by atoms with Crippen LogP contribution < -0.4 is 15.0 Å². The van der Waals surface area contributed by atoms with Gasteiger partial charge in [-0.15, -0.1) is 0 Å². The zero-order valence-corrected chi connectivity index (χ0v) is 15.6. The smallest absolute Gasteiger partial charge is 0.225 e. The Morgan fingerprint density at radius 2 is 2.00 bits per heavy atom. The minimum absolute atomic E-state index is 0.203. The number of anilines is 1. The highest BCUT2D eigenvalue weighted by Crippen LogP contribution is 2.29. The molecular formula is C20H28N4O. The Morgan fingerprint density at radius 1 is 1.24 bits per heavy atom. The molecule has 0 radical (unpaired) electrons. The van der Waals surface area contributed by atoms with Crippen LogP contribution in [0.15, 0.2) is 30.5 Å². The van der Waals surface area contributed by atoms with E-state index in [2.05, 4.69) is 22.4 Å². The molecule has 1 unspecified atom stereocenters. The number of rotatable bonds is 6. The van der Waals surface area contributed by atoms with Crippen molar-refractivity contribution >= 4 is 5.95 Å². The molecule has 1 aliphatic carbocycles. The molecule has 0 amide bonds. The lowest BCUT2D eigenvalue weighted by Gasteiger charge is -2.26. The largest absolute Gasteiger partial charge is 0.491 e. The summed E-state index contributed by atoms with van der Waals surface area (Å²) in [7, 11) is 3.96. The third-order valence-electron chi connectivity index (χ3n) is 4.42. The number of aryl methyl sites for hydroxylation is 1. The molecular weight excluding hydrogens is 312 g/mol. The predicted molar refractivity (Wildman–Crippen MR) is 101 cm³/mol. The lowest BCUT2D eigenvalue weighted by Crippen LogP contribution is -2.26. The second-order valence-corrected chi connectivity index (χ2v) is 7.10. The van der Waals surface area contributed by atoms with E-state index in [-0.39, 0.29) is 6.10 Å². The average molecular weight is 340 g/mol. The Hall–Kier alpha value is -2.14. The van der Waals surface area contributed by atoms with E-state index >= 15 is 0 Å².